The fourth-order valence-corrected chi connectivity index (χ4v) is 3.73. The summed E-state index contributed by atoms with van der Waals surface area (Å²) in [4.78, 5) is 25.4. The van der Waals surface area contributed by atoms with Crippen molar-refractivity contribution in [3.8, 4) is 16.6 Å². The van der Waals surface area contributed by atoms with Crippen molar-refractivity contribution >= 4 is 34.1 Å². The van der Waals surface area contributed by atoms with Crippen molar-refractivity contribution < 1.29 is 9.59 Å². The van der Waals surface area contributed by atoms with Crippen LogP contribution in [0.3, 0.4) is 0 Å². The molecule has 2 atom stereocenters. The normalized spacial score (nSPS) is 12.3. The van der Waals surface area contributed by atoms with Crippen molar-refractivity contribution in [1.82, 2.24) is 15.5 Å². The molecule has 0 saturated heterocycles. The summed E-state index contributed by atoms with van der Waals surface area (Å²) >= 11 is 1.28. The van der Waals surface area contributed by atoms with E-state index in [4.69, 9.17) is 5.26 Å². The fourth-order valence-electron chi connectivity index (χ4n) is 2.99. The molecule has 164 valence electrons. The number of hydrogen-bond acceptors (Lipinski definition) is 6. The first-order valence-electron chi connectivity index (χ1n) is 10.2. The Morgan fingerprint density at radius 2 is 1.88 bits per heavy atom. The van der Waals surface area contributed by atoms with Crippen LogP contribution in [0.1, 0.15) is 31.4 Å². The number of anilines is 2. The summed E-state index contributed by atoms with van der Waals surface area (Å²) in [7, 11) is 0. The van der Waals surface area contributed by atoms with Crippen LogP contribution in [0.5, 0.6) is 0 Å². The number of aryl methyl sites for hydroxylation is 1. The van der Waals surface area contributed by atoms with Gasteiger partial charge in [0.05, 0.1) is 11.6 Å². The molecule has 0 aliphatic rings. The van der Waals surface area contributed by atoms with E-state index >= 15 is 0 Å². The maximum absolute atomic E-state index is 12.9. The Kier molecular flexibility index (Phi) is 7.52. The second kappa shape index (κ2) is 10.5. The summed E-state index contributed by atoms with van der Waals surface area (Å²) in [6, 6.07) is 15.1. The summed E-state index contributed by atoms with van der Waals surface area (Å²) < 4.78 is 0. The lowest BCUT2D eigenvalue weighted by atomic mass is 9.98. The summed E-state index contributed by atoms with van der Waals surface area (Å²) in [5.41, 5.74) is 3.06. The van der Waals surface area contributed by atoms with Crippen LogP contribution in [0.2, 0.25) is 0 Å². The first kappa shape index (κ1) is 22.9. The molecule has 8 nitrogen and oxygen atoms in total. The highest BCUT2D eigenvalue weighted by molar-refractivity contribution is 7.18. The smallest absolute Gasteiger partial charge is 0.319 e. The minimum atomic E-state index is -0.760. The highest BCUT2D eigenvalue weighted by atomic mass is 32.1. The van der Waals surface area contributed by atoms with Crippen LogP contribution < -0.4 is 16.0 Å². The number of benzene rings is 2. The zero-order valence-electron chi connectivity index (χ0n) is 18.0. The van der Waals surface area contributed by atoms with Crippen LogP contribution in [0.4, 0.5) is 15.6 Å². The molecule has 3 N–H and O–H groups in total. The molecule has 0 aliphatic heterocycles. The van der Waals surface area contributed by atoms with E-state index < -0.39 is 12.1 Å². The van der Waals surface area contributed by atoms with Crippen molar-refractivity contribution in [3.05, 3.63) is 59.7 Å². The van der Waals surface area contributed by atoms with Crippen LogP contribution >= 0.6 is 11.3 Å². The van der Waals surface area contributed by atoms with Gasteiger partial charge in [-0.3, -0.25) is 10.1 Å². The molecule has 0 spiro atoms. The van der Waals surface area contributed by atoms with Gasteiger partial charge in [-0.25, -0.2) is 4.79 Å². The maximum atomic E-state index is 12.9. The third kappa shape index (κ3) is 5.89. The van der Waals surface area contributed by atoms with Gasteiger partial charge < -0.3 is 10.6 Å². The molecule has 9 heteroatoms. The Labute approximate surface area is 190 Å². The monoisotopic (exact) mass is 448 g/mol. The Bertz CT molecular complexity index is 1140. The van der Waals surface area contributed by atoms with Crippen LogP contribution in [0.25, 0.3) is 10.6 Å². The molecule has 3 amide bonds. The molecule has 0 bridgehead atoms. The van der Waals surface area contributed by atoms with E-state index in [2.05, 4.69) is 26.1 Å². The van der Waals surface area contributed by atoms with Gasteiger partial charge in [0.1, 0.15) is 11.0 Å². The zero-order valence-corrected chi connectivity index (χ0v) is 18.9. The van der Waals surface area contributed by atoms with Crippen molar-refractivity contribution in [2.45, 2.75) is 33.2 Å². The molecular weight excluding hydrogens is 424 g/mol. The van der Waals surface area contributed by atoms with E-state index in [0.29, 0.717) is 27.8 Å². The molecule has 3 rings (SSSR count). The molecule has 0 aliphatic carbocycles. The summed E-state index contributed by atoms with van der Waals surface area (Å²) in [6.45, 7) is 5.84. The number of nitrogens with one attached hydrogen (secondary N) is 3. The Hall–Kier alpha value is -3.77. The fraction of sp³-hybridized carbons (Fsp3) is 0.261. The van der Waals surface area contributed by atoms with Crippen molar-refractivity contribution in [2.24, 2.45) is 5.92 Å². The maximum Gasteiger partial charge on any atom is 0.319 e. The van der Waals surface area contributed by atoms with E-state index in [-0.39, 0.29) is 11.8 Å². The van der Waals surface area contributed by atoms with E-state index in [1.54, 1.807) is 24.3 Å². The van der Waals surface area contributed by atoms with E-state index in [0.717, 1.165) is 11.1 Å². The minimum Gasteiger partial charge on any atom is -0.326 e. The van der Waals surface area contributed by atoms with Crippen molar-refractivity contribution in [2.75, 3.05) is 10.6 Å². The highest BCUT2D eigenvalue weighted by Gasteiger charge is 2.27. The topological polar surface area (TPSA) is 120 Å². The number of amides is 3. The SMILES string of the molecule is CC[C@H](C)[C@@H](NC(=O)Nc1ccc(C#N)cc1)C(=O)Nc1nnc(-c2cccc(C)c2)s1. The quantitative estimate of drug-likeness (QED) is 0.489. The van der Waals surface area contributed by atoms with Crippen molar-refractivity contribution in [3.63, 3.8) is 0 Å². The van der Waals surface area contributed by atoms with Crippen molar-refractivity contribution in [1.29, 1.82) is 5.26 Å². The highest BCUT2D eigenvalue weighted by Crippen LogP contribution is 2.27. The first-order valence-corrected chi connectivity index (χ1v) is 11.0. The van der Waals surface area contributed by atoms with Gasteiger partial charge in [-0.2, -0.15) is 5.26 Å². The summed E-state index contributed by atoms with van der Waals surface area (Å²) in [6.07, 6.45) is 0.694. The molecule has 0 unspecified atom stereocenters. The van der Waals surface area contributed by atoms with Gasteiger partial charge in [0.15, 0.2) is 0 Å². The zero-order chi connectivity index (χ0) is 23.1. The number of aromatic nitrogens is 2. The molecule has 0 saturated carbocycles. The first-order chi connectivity index (χ1) is 15.4. The number of nitrogens with zero attached hydrogens (tertiary/aromatic N) is 3. The number of hydrogen-bond donors (Lipinski definition) is 3. The molecule has 1 heterocycles. The Balaban J connectivity index is 1.67. The number of rotatable bonds is 7. The molecule has 3 aromatic rings. The van der Waals surface area contributed by atoms with Crippen LogP contribution in [0, 0.1) is 24.2 Å². The Morgan fingerprint density at radius 1 is 1.12 bits per heavy atom. The third-order valence-corrected chi connectivity index (χ3v) is 5.86. The van der Waals surface area contributed by atoms with Gasteiger partial charge in [0, 0.05) is 11.3 Å². The van der Waals surface area contributed by atoms with Crippen LogP contribution in [-0.2, 0) is 4.79 Å². The van der Waals surface area contributed by atoms with Gasteiger partial charge in [0.2, 0.25) is 11.0 Å². The third-order valence-electron chi connectivity index (χ3n) is 4.97. The van der Waals surface area contributed by atoms with Gasteiger partial charge in [-0.05, 0) is 43.2 Å². The molecule has 32 heavy (non-hydrogen) atoms. The average molecular weight is 449 g/mol. The van der Waals surface area contributed by atoms with Gasteiger partial charge in [-0.15, -0.1) is 10.2 Å². The predicted molar refractivity (Wildman–Crippen MR) is 125 cm³/mol. The number of urea groups is 1. The Morgan fingerprint density at radius 3 is 2.53 bits per heavy atom. The summed E-state index contributed by atoms with van der Waals surface area (Å²) in [5, 5.41) is 26.4. The minimum absolute atomic E-state index is 0.106. The van der Waals surface area contributed by atoms with Crippen LogP contribution in [0.15, 0.2) is 48.5 Å². The largest absolute Gasteiger partial charge is 0.326 e. The van der Waals surface area contributed by atoms with Gasteiger partial charge in [0.25, 0.3) is 0 Å². The standard InChI is InChI=1S/C23H24N6O2S/c1-4-15(3)19(26-22(31)25-18-10-8-16(13-24)9-11-18)20(30)27-23-29-28-21(32-23)17-7-5-6-14(2)12-17/h5-12,15,19H,4H2,1-3H3,(H2,25,26,31)(H,27,29,30)/t15-,19+/m0/s1. The molecule has 0 radical (unpaired) electrons. The molecular formula is C23H24N6O2S. The lowest BCUT2D eigenvalue weighted by molar-refractivity contribution is -0.119. The molecule has 0 fully saturated rings. The number of nitriles is 1. The molecule has 2 aromatic carbocycles. The number of carbonyl (C=O) groups excluding carboxylic acids is 2. The van der Waals surface area contributed by atoms with E-state index in [1.807, 2.05) is 51.1 Å². The second-order valence-electron chi connectivity index (χ2n) is 7.42. The van der Waals surface area contributed by atoms with E-state index in [9.17, 15) is 9.59 Å². The molecule has 1 aromatic heterocycles. The lowest BCUT2D eigenvalue weighted by Gasteiger charge is -2.23. The number of carbonyl (C=O) groups is 2. The average Bonchev–Trinajstić information content (AvgIpc) is 3.26. The lowest BCUT2D eigenvalue weighted by Crippen LogP contribution is -2.49. The van der Waals surface area contributed by atoms with Gasteiger partial charge >= 0.3 is 6.03 Å². The predicted octanol–water partition coefficient (Wildman–Crippen LogP) is 4.56. The van der Waals surface area contributed by atoms with Crippen LogP contribution in [-0.4, -0.2) is 28.2 Å². The van der Waals surface area contributed by atoms with E-state index in [1.165, 1.54) is 11.3 Å². The second-order valence-corrected chi connectivity index (χ2v) is 8.40. The summed E-state index contributed by atoms with van der Waals surface area (Å²) in [5.74, 6) is -0.466. The van der Waals surface area contributed by atoms with Gasteiger partial charge in [-0.1, -0.05) is 55.4 Å².